The lowest BCUT2D eigenvalue weighted by atomic mass is 9.74. The minimum Gasteiger partial charge on any atom is -0.192 e. The Morgan fingerprint density at radius 3 is 1.60 bits per heavy atom. The Bertz CT molecular complexity index is 2900. The second kappa shape index (κ2) is 11.3. The molecule has 0 saturated heterocycles. The van der Waals surface area contributed by atoms with Crippen LogP contribution in [0.3, 0.4) is 0 Å². The van der Waals surface area contributed by atoms with Gasteiger partial charge in [-0.05, 0) is 130 Å². The van der Waals surface area contributed by atoms with E-state index in [2.05, 4.69) is 164 Å². The normalized spacial score (nSPS) is 14.2. The van der Waals surface area contributed by atoms with Gasteiger partial charge in [-0.1, -0.05) is 140 Å². The van der Waals surface area contributed by atoms with Crippen LogP contribution in [0.4, 0.5) is 0 Å². The van der Waals surface area contributed by atoms with Gasteiger partial charge in [-0.3, -0.25) is 0 Å². The van der Waals surface area contributed by atoms with E-state index < -0.39 is 0 Å². The Balaban J connectivity index is 1.28. The van der Waals surface area contributed by atoms with Crippen LogP contribution in [0.5, 0.6) is 0 Å². The average molecular weight is 634 g/mol. The molecule has 0 spiro atoms. The number of allylic oxidation sites excluding steroid dienone is 1. The Hall–Kier alpha value is -6.49. The van der Waals surface area contributed by atoms with E-state index in [9.17, 15) is 5.26 Å². The number of nitriles is 1. The van der Waals surface area contributed by atoms with Gasteiger partial charge < -0.3 is 0 Å². The second-order valence-electron chi connectivity index (χ2n) is 13.5. The molecular weight excluding hydrogens is 603 g/mol. The van der Waals surface area contributed by atoms with Crippen LogP contribution < -0.4 is 0 Å². The number of fused-ring (bicyclic) bond motifs is 9. The Kier molecular flexibility index (Phi) is 6.44. The van der Waals surface area contributed by atoms with Crippen molar-refractivity contribution in [3.63, 3.8) is 0 Å². The number of rotatable bonds is 3. The molecule has 0 amide bonds. The smallest absolute Gasteiger partial charge is 0.0991 e. The van der Waals surface area contributed by atoms with E-state index in [0.717, 1.165) is 12.0 Å². The molecular formula is C49H31N. The average Bonchev–Trinajstić information content (AvgIpc) is 3.19. The maximum atomic E-state index is 9.65. The zero-order chi connectivity index (χ0) is 33.2. The van der Waals surface area contributed by atoms with E-state index in [1.165, 1.54) is 87.3 Å². The quantitative estimate of drug-likeness (QED) is 0.178. The van der Waals surface area contributed by atoms with Gasteiger partial charge in [0.05, 0.1) is 11.6 Å². The molecule has 0 aliphatic heterocycles. The lowest BCUT2D eigenvalue weighted by Crippen LogP contribution is -2.12. The van der Waals surface area contributed by atoms with Crippen molar-refractivity contribution in [3.8, 4) is 17.2 Å². The van der Waals surface area contributed by atoms with Gasteiger partial charge in [-0.15, -0.1) is 0 Å². The minimum absolute atomic E-state index is 0.165. The first-order chi connectivity index (χ1) is 24.7. The molecule has 0 saturated carbocycles. The Morgan fingerprint density at radius 1 is 0.440 bits per heavy atom. The molecule has 50 heavy (non-hydrogen) atoms. The SMILES string of the molecule is N#Cc1ccc(C2=CC(c3cc4ccccc4c4ccccc34)Cc3c2cc(-c2cc4ccccc4c4ccccc24)c2ccccc32)cc1. The van der Waals surface area contributed by atoms with Crippen molar-refractivity contribution in [1.29, 1.82) is 5.26 Å². The minimum atomic E-state index is 0.165. The van der Waals surface area contributed by atoms with Crippen LogP contribution in [0.1, 0.15) is 33.7 Å². The fourth-order valence-corrected chi connectivity index (χ4v) is 8.53. The topological polar surface area (TPSA) is 23.8 Å². The van der Waals surface area contributed by atoms with E-state index in [4.69, 9.17) is 0 Å². The number of hydrogen-bond acceptors (Lipinski definition) is 1. The standard InChI is InChI=1S/C49H31N/c50-30-31-21-23-32(24-22-31)44-27-35(45-25-33-11-1-3-13-36(33)38-15-5-7-17-40(38)45)28-47-42-19-9-10-20-43(42)48(29-49(44)47)46-26-34-12-2-4-14-37(34)39-16-6-8-18-41(39)46/h1-27,29,35H,28H2. The molecule has 10 rings (SSSR count). The van der Waals surface area contributed by atoms with Crippen molar-refractivity contribution < 1.29 is 0 Å². The summed E-state index contributed by atoms with van der Waals surface area (Å²) in [6.07, 6.45) is 3.40. The molecule has 1 unspecified atom stereocenters. The highest BCUT2D eigenvalue weighted by atomic mass is 14.3. The van der Waals surface area contributed by atoms with E-state index in [0.29, 0.717) is 5.56 Å². The summed E-state index contributed by atoms with van der Waals surface area (Å²) >= 11 is 0. The first-order valence-electron chi connectivity index (χ1n) is 17.3. The van der Waals surface area contributed by atoms with Crippen LogP contribution in [-0.4, -0.2) is 0 Å². The fourth-order valence-electron chi connectivity index (χ4n) is 8.53. The maximum Gasteiger partial charge on any atom is 0.0991 e. The highest BCUT2D eigenvalue weighted by Crippen LogP contribution is 2.47. The number of nitrogens with zero attached hydrogens (tertiary/aromatic N) is 1. The Labute approximate surface area is 291 Å². The molecule has 1 nitrogen and oxygen atoms in total. The Morgan fingerprint density at radius 2 is 0.940 bits per heavy atom. The summed E-state index contributed by atoms with van der Waals surface area (Å²) in [6.45, 7) is 0. The zero-order valence-electron chi connectivity index (χ0n) is 27.4. The summed E-state index contributed by atoms with van der Waals surface area (Å²) in [7, 11) is 0. The summed E-state index contributed by atoms with van der Waals surface area (Å²) in [4.78, 5) is 0. The highest BCUT2D eigenvalue weighted by molar-refractivity contribution is 6.17. The van der Waals surface area contributed by atoms with Crippen LogP contribution in [0.15, 0.2) is 170 Å². The van der Waals surface area contributed by atoms with E-state index in [-0.39, 0.29) is 5.92 Å². The van der Waals surface area contributed by atoms with Crippen molar-refractivity contribution in [2.45, 2.75) is 12.3 Å². The molecule has 1 aliphatic rings. The van der Waals surface area contributed by atoms with Gasteiger partial charge in [0.25, 0.3) is 0 Å². The zero-order valence-corrected chi connectivity index (χ0v) is 27.4. The van der Waals surface area contributed by atoms with Crippen molar-refractivity contribution >= 4 is 59.4 Å². The molecule has 1 aliphatic carbocycles. The third-order valence-electron chi connectivity index (χ3n) is 10.8. The lowest BCUT2D eigenvalue weighted by Gasteiger charge is -2.29. The molecule has 0 bridgehead atoms. The van der Waals surface area contributed by atoms with Gasteiger partial charge >= 0.3 is 0 Å². The van der Waals surface area contributed by atoms with Crippen molar-refractivity contribution in [2.24, 2.45) is 0 Å². The molecule has 0 N–H and O–H groups in total. The first kappa shape index (κ1) is 28.5. The molecule has 232 valence electrons. The molecule has 1 atom stereocenters. The number of benzene rings is 9. The highest BCUT2D eigenvalue weighted by Gasteiger charge is 2.27. The van der Waals surface area contributed by atoms with E-state index in [1.54, 1.807) is 0 Å². The van der Waals surface area contributed by atoms with Gasteiger partial charge in [0, 0.05) is 5.92 Å². The predicted molar refractivity (Wildman–Crippen MR) is 211 cm³/mol. The molecule has 1 heteroatoms. The summed E-state index contributed by atoms with van der Waals surface area (Å²) in [6, 6.07) is 61.8. The lowest BCUT2D eigenvalue weighted by molar-refractivity contribution is 0.837. The third kappa shape index (κ3) is 4.39. The van der Waals surface area contributed by atoms with Crippen LogP contribution in [0.2, 0.25) is 0 Å². The van der Waals surface area contributed by atoms with Crippen LogP contribution >= 0.6 is 0 Å². The fraction of sp³-hybridized carbons (Fsp3) is 0.0408. The monoisotopic (exact) mass is 633 g/mol. The predicted octanol–water partition coefficient (Wildman–Crippen LogP) is 12.8. The van der Waals surface area contributed by atoms with Gasteiger partial charge in [0.1, 0.15) is 0 Å². The first-order valence-corrected chi connectivity index (χ1v) is 17.3. The molecule has 9 aromatic rings. The van der Waals surface area contributed by atoms with Crippen LogP contribution in [0, 0.1) is 11.3 Å². The molecule has 0 heterocycles. The summed E-state index contributed by atoms with van der Waals surface area (Å²) in [5.74, 6) is 0.165. The van der Waals surface area contributed by atoms with Crippen molar-refractivity contribution in [1.82, 2.24) is 0 Å². The molecule has 0 fully saturated rings. The second-order valence-corrected chi connectivity index (χ2v) is 13.5. The van der Waals surface area contributed by atoms with Gasteiger partial charge in [-0.25, -0.2) is 0 Å². The van der Waals surface area contributed by atoms with Crippen molar-refractivity contribution in [3.05, 3.63) is 198 Å². The van der Waals surface area contributed by atoms with E-state index in [1.807, 2.05) is 12.1 Å². The summed E-state index contributed by atoms with van der Waals surface area (Å²) in [5.41, 5.74) is 9.50. The van der Waals surface area contributed by atoms with E-state index >= 15 is 0 Å². The third-order valence-corrected chi connectivity index (χ3v) is 10.8. The van der Waals surface area contributed by atoms with Crippen LogP contribution in [0.25, 0.3) is 70.6 Å². The van der Waals surface area contributed by atoms with Gasteiger partial charge in [0.15, 0.2) is 0 Å². The van der Waals surface area contributed by atoms with Gasteiger partial charge in [0.2, 0.25) is 0 Å². The summed E-state index contributed by atoms with van der Waals surface area (Å²) in [5, 5.41) is 22.4. The van der Waals surface area contributed by atoms with Crippen molar-refractivity contribution in [2.75, 3.05) is 0 Å². The summed E-state index contributed by atoms with van der Waals surface area (Å²) < 4.78 is 0. The van der Waals surface area contributed by atoms with Gasteiger partial charge in [-0.2, -0.15) is 5.26 Å². The largest absolute Gasteiger partial charge is 0.192 e. The molecule has 9 aromatic carbocycles. The molecule has 0 aromatic heterocycles. The number of hydrogen-bond donors (Lipinski definition) is 0. The molecule has 0 radical (unpaired) electrons. The maximum absolute atomic E-state index is 9.65. The van der Waals surface area contributed by atoms with Crippen LogP contribution in [-0.2, 0) is 6.42 Å².